The number of nitrogens with zero attached hydrogens (tertiary/aromatic N) is 1. The van der Waals surface area contributed by atoms with E-state index in [1.807, 2.05) is 31.2 Å². The molecule has 4 heteroatoms. The molecule has 2 rings (SSSR count). The molecular weight excluding hydrogens is 192 g/mol. The molecule has 0 radical (unpaired) electrons. The van der Waals surface area contributed by atoms with Gasteiger partial charge in [0.15, 0.2) is 0 Å². The molecule has 15 heavy (non-hydrogen) atoms. The van der Waals surface area contributed by atoms with Crippen LogP contribution in [-0.2, 0) is 4.74 Å². The van der Waals surface area contributed by atoms with E-state index in [1.165, 1.54) is 0 Å². The Morgan fingerprint density at radius 1 is 1.53 bits per heavy atom. The summed E-state index contributed by atoms with van der Waals surface area (Å²) < 4.78 is 5.00. The summed E-state index contributed by atoms with van der Waals surface area (Å²) in [5.41, 5.74) is 1.87. The maximum Gasteiger partial charge on any atom is 0.414 e. The van der Waals surface area contributed by atoms with Gasteiger partial charge in [-0.25, -0.2) is 4.79 Å². The second-order valence-electron chi connectivity index (χ2n) is 3.29. The smallest absolute Gasteiger partial charge is 0.414 e. The van der Waals surface area contributed by atoms with E-state index in [-0.39, 0.29) is 6.09 Å². The van der Waals surface area contributed by atoms with Crippen molar-refractivity contribution in [3.63, 3.8) is 0 Å². The van der Waals surface area contributed by atoms with Crippen molar-refractivity contribution < 1.29 is 9.53 Å². The maximum absolute atomic E-state index is 11.6. The fraction of sp³-hybridized carbons (Fsp3) is 0.364. The topological polar surface area (TPSA) is 41.6 Å². The van der Waals surface area contributed by atoms with Crippen molar-refractivity contribution in [3.05, 3.63) is 24.3 Å². The summed E-state index contributed by atoms with van der Waals surface area (Å²) >= 11 is 0. The van der Waals surface area contributed by atoms with Crippen LogP contribution in [0.25, 0.3) is 0 Å². The minimum Gasteiger partial charge on any atom is -0.449 e. The summed E-state index contributed by atoms with van der Waals surface area (Å²) in [6, 6.07) is 7.73. The number of benzene rings is 1. The highest BCUT2D eigenvalue weighted by molar-refractivity contribution is 5.93. The van der Waals surface area contributed by atoms with Gasteiger partial charge in [-0.3, -0.25) is 4.90 Å². The predicted molar refractivity (Wildman–Crippen MR) is 59.3 cm³/mol. The van der Waals surface area contributed by atoms with Gasteiger partial charge < -0.3 is 10.1 Å². The molecule has 0 spiro atoms. The first-order valence-corrected chi connectivity index (χ1v) is 5.10. The zero-order chi connectivity index (χ0) is 10.7. The third-order valence-electron chi connectivity index (χ3n) is 2.33. The Morgan fingerprint density at radius 3 is 3.13 bits per heavy atom. The predicted octanol–water partition coefficient (Wildman–Crippen LogP) is 2.08. The maximum atomic E-state index is 11.6. The van der Waals surface area contributed by atoms with Crippen LogP contribution < -0.4 is 10.2 Å². The van der Waals surface area contributed by atoms with Crippen LogP contribution in [0.2, 0.25) is 0 Å². The number of hydrogen-bond donors (Lipinski definition) is 1. The van der Waals surface area contributed by atoms with Gasteiger partial charge >= 0.3 is 6.09 Å². The molecule has 0 unspecified atom stereocenters. The molecule has 0 aliphatic carbocycles. The number of hydrogen-bond acceptors (Lipinski definition) is 3. The van der Waals surface area contributed by atoms with E-state index in [0.29, 0.717) is 13.2 Å². The van der Waals surface area contributed by atoms with Gasteiger partial charge in [0.2, 0.25) is 0 Å². The van der Waals surface area contributed by atoms with Gasteiger partial charge in [0.05, 0.1) is 18.0 Å². The largest absolute Gasteiger partial charge is 0.449 e. The third-order valence-corrected chi connectivity index (χ3v) is 2.33. The van der Waals surface area contributed by atoms with Crippen LogP contribution in [0, 0.1) is 0 Å². The molecule has 1 amide bonds. The Bertz CT molecular complexity index is 365. The monoisotopic (exact) mass is 206 g/mol. The average molecular weight is 206 g/mol. The SMILES string of the molecule is CCOC(=O)N1CCNc2ccccc21. The number of amides is 1. The fourth-order valence-electron chi connectivity index (χ4n) is 1.67. The average Bonchev–Trinajstić information content (AvgIpc) is 2.28. The number of nitrogens with one attached hydrogen (secondary N) is 1. The first kappa shape index (κ1) is 9.83. The lowest BCUT2D eigenvalue weighted by molar-refractivity contribution is 0.160. The van der Waals surface area contributed by atoms with Crippen molar-refractivity contribution in [1.82, 2.24) is 0 Å². The number of para-hydroxylation sites is 2. The van der Waals surface area contributed by atoms with Crippen molar-refractivity contribution in [3.8, 4) is 0 Å². The van der Waals surface area contributed by atoms with Gasteiger partial charge in [-0.1, -0.05) is 12.1 Å². The second kappa shape index (κ2) is 4.21. The van der Waals surface area contributed by atoms with Gasteiger partial charge in [0.1, 0.15) is 0 Å². The molecule has 0 fully saturated rings. The van der Waals surface area contributed by atoms with Gasteiger partial charge in [0.25, 0.3) is 0 Å². The highest BCUT2D eigenvalue weighted by atomic mass is 16.6. The van der Waals surface area contributed by atoms with Crippen LogP contribution in [-0.4, -0.2) is 25.8 Å². The minimum absolute atomic E-state index is 0.272. The van der Waals surface area contributed by atoms with Crippen LogP contribution in [0.1, 0.15) is 6.92 Å². The quantitative estimate of drug-likeness (QED) is 0.764. The molecule has 0 bridgehead atoms. The normalized spacial score (nSPS) is 14.1. The first-order chi connectivity index (χ1) is 7.33. The summed E-state index contributed by atoms with van der Waals surface area (Å²) in [5, 5.41) is 3.24. The van der Waals surface area contributed by atoms with Crippen LogP contribution in [0.3, 0.4) is 0 Å². The number of fused-ring (bicyclic) bond motifs is 1. The highest BCUT2D eigenvalue weighted by Gasteiger charge is 2.22. The highest BCUT2D eigenvalue weighted by Crippen LogP contribution is 2.28. The summed E-state index contributed by atoms with van der Waals surface area (Å²) in [5.74, 6) is 0. The summed E-state index contributed by atoms with van der Waals surface area (Å²) in [6.07, 6.45) is -0.272. The van der Waals surface area contributed by atoms with E-state index in [0.717, 1.165) is 17.9 Å². The minimum atomic E-state index is -0.272. The van der Waals surface area contributed by atoms with E-state index < -0.39 is 0 Å². The summed E-state index contributed by atoms with van der Waals surface area (Å²) in [6.45, 7) is 3.63. The number of carbonyl (C=O) groups is 1. The second-order valence-corrected chi connectivity index (χ2v) is 3.29. The number of rotatable bonds is 1. The van der Waals surface area contributed by atoms with Crippen LogP contribution in [0.15, 0.2) is 24.3 Å². The van der Waals surface area contributed by atoms with E-state index >= 15 is 0 Å². The van der Waals surface area contributed by atoms with Gasteiger partial charge in [-0.2, -0.15) is 0 Å². The molecule has 0 saturated heterocycles. The first-order valence-electron chi connectivity index (χ1n) is 5.10. The molecule has 1 aliphatic rings. The lowest BCUT2D eigenvalue weighted by Crippen LogP contribution is -2.39. The van der Waals surface area contributed by atoms with Crippen LogP contribution in [0.5, 0.6) is 0 Å². The Hall–Kier alpha value is -1.71. The van der Waals surface area contributed by atoms with Gasteiger partial charge in [-0.15, -0.1) is 0 Å². The molecule has 1 aromatic rings. The Balaban J connectivity index is 2.25. The van der Waals surface area contributed by atoms with Crippen molar-refractivity contribution in [1.29, 1.82) is 0 Å². The molecule has 1 N–H and O–H groups in total. The van der Waals surface area contributed by atoms with Crippen molar-refractivity contribution in [2.45, 2.75) is 6.92 Å². The molecule has 1 aromatic carbocycles. The lowest BCUT2D eigenvalue weighted by Gasteiger charge is -2.29. The zero-order valence-corrected chi connectivity index (χ0v) is 8.69. The lowest BCUT2D eigenvalue weighted by atomic mass is 10.2. The third kappa shape index (κ3) is 1.88. The van der Waals surface area contributed by atoms with Crippen molar-refractivity contribution in [2.24, 2.45) is 0 Å². The molecule has 1 aliphatic heterocycles. The van der Waals surface area contributed by atoms with E-state index in [9.17, 15) is 4.79 Å². The number of carbonyl (C=O) groups excluding carboxylic acids is 1. The molecular formula is C11H14N2O2. The molecule has 0 saturated carbocycles. The van der Waals surface area contributed by atoms with E-state index in [2.05, 4.69) is 5.32 Å². The Morgan fingerprint density at radius 2 is 2.33 bits per heavy atom. The standard InChI is InChI=1S/C11H14N2O2/c1-2-15-11(14)13-8-7-12-9-5-3-4-6-10(9)13/h3-6,12H,2,7-8H2,1H3. The Labute approximate surface area is 88.8 Å². The Kier molecular flexibility index (Phi) is 2.76. The molecule has 0 atom stereocenters. The molecule has 4 nitrogen and oxygen atoms in total. The number of anilines is 2. The van der Waals surface area contributed by atoms with E-state index in [1.54, 1.807) is 4.90 Å². The zero-order valence-electron chi connectivity index (χ0n) is 8.69. The van der Waals surface area contributed by atoms with Gasteiger partial charge in [-0.05, 0) is 19.1 Å². The van der Waals surface area contributed by atoms with Crippen LogP contribution in [0.4, 0.5) is 16.2 Å². The summed E-state index contributed by atoms with van der Waals surface area (Å²) in [4.78, 5) is 13.3. The molecule has 0 aromatic heterocycles. The molecule has 1 heterocycles. The van der Waals surface area contributed by atoms with E-state index in [4.69, 9.17) is 4.74 Å². The van der Waals surface area contributed by atoms with Crippen molar-refractivity contribution in [2.75, 3.05) is 29.9 Å². The van der Waals surface area contributed by atoms with Crippen LogP contribution >= 0.6 is 0 Å². The number of ether oxygens (including phenoxy) is 1. The van der Waals surface area contributed by atoms with Crippen molar-refractivity contribution >= 4 is 17.5 Å². The van der Waals surface area contributed by atoms with Gasteiger partial charge in [0, 0.05) is 13.1 Å². The summed E-state index contributed by atoms with van der Waals surface area (Å²) in [7, 11) is 0. The molecule has 80 valence electrons. The fourth-order valence-corrected chi connectivity index (χ4v) is 1.67.